The summed E-state index contributed by atoms with van der Waals surface area (Å²) in [5, 5.41) is 14.3. The molecule has 2 atom stereocenters. The lowest BCUT2D eigenvalue weighted by Crippen LogP contribution is -2.26. The number of carboxylic acids is 1. The topological polar surface area (TPSA) is 71.3 Å². The van der Waals surface area contributed by atoms with E-state index in [4.69, 9.17) is 39.9 Å². The van der Waals surface area contributed by atoms with Crippen LogP contribution in [-0.2, 0) is 11.8 Å². The Labute approximate surface area is 237 Å². The summed E-state index contributed by atoms with van der Waals surface area (Å²) in [5.41, 5.74) is 4.74. The van der Waals surface area contributed by atoms with Crippen LogP contribution in [-0.4, -0.2) is 28.1 Å². The third kappa shape index (κ3) is 6.17. The first kappa shape index (κ1) is 28.0. The number of amides is 1. The Morgan fingerprint density at radius 3 is 2.24 bits per heavy atom. The largest absolute Gasteiger partial charge is 0.481 e. The van der Waals surface area contributed by atoms with Crippen LogP contribution in [0.15, 0.2) is 66.9 Å². The summed E-state index contributed by atoms with van der Waals surface area (Å²) >= 11 is 19.3. The third-order valence-electron chi connectivity index (χ3n) is 6.82. The maximum Gasteiger partial charge on any atom is 0.305 e. The molecule has 0 aliphatic carbocycles. The first-order valence-corrected chi connectivity index (χ1v) is 13.6. The molecule has 0 aliphatic rings. The number of aromatic nitrogens is 1. The van der Waals surface area contributed by atoms with Crippen LogP contribution in [0.25, 0.3) is 10.9 Å². The molecule has 38 heavy (non-hydrogen) atoms. The molecule has 0 saturated carbocycles. The van der Waals surface area contributed by atoms with Gasteiger partial charge in [-0.2, -0.15) is 0 Å². The van der Waals surface area contributed by atoms with Crippen molar-refractivity contribution in [2.45, 2.75) is 38.0 Å². The lowest BCUT2D eigenvalue weighted by molar-refractivity contribution is -0.136. The molecule has 0 spiro atoms. The molecule has 1 heterocycles. The first-order chi connectivity index (χ1) is 18.2. The average Bonchev–Trinajstić information content (AvgIpc) is 3.20. The number of benzene rings is 3. The standard InChI is InChI=1S/C30H29Cl3N2O3/c1-3-4-23(18-5-7-20(8-6-18)30(38)34-14-13-27(36)37)28(19-9-11-21(31)12-10-19)25-17-35(2)29-24(25)15-22(32)16-26(29)33/h5-12,15-17,23,28H,3-4,13-14H2,1-2H3,(H,34,38)(H,36,37). The summed E-state index contributed by atoms with van der Waals surface area (Å²) in [6.45, 7) is 2.24. The van der Waals surface area contributed by atoms with Gasteiger partial charge in [0.05, 0.1) is 17.0 Å². The smallest absolute Gasteiger partial charge is 0.305 e. The number of aliphatic carboxylic acids is 1. The van der Waals surface area contributed by atoms with Crippen LogP contribution >= 0.6 is 34.8 Å². The fourth-order valence-electron chi connectivity index (χ4n) is 5.14. The number of aryl methyl sites for hydroxylation is 1. The Bertz CT molecular complexity index is 1450. The summed E-state index contributed by atoms with van der Waals surface area (Å²) in [6, 6.07) is 19.2. The fourth-order valence-corrected chi connectivity index (χ4v) is 5.89. The van der Waals surface area contributed by atoms with Gasteiger partial charge in [-0.15, -0.1) is 0 Å². The van der Waals surface area contributed by atoms with Crippen LogP contribution in [0.5, 0.6) is 0 Å². The van der Waals surface area contributed by atoms with Gasteiger partial charge in [-0.05, 0) is 65.4 Å². The lowest BCUT2D eigenvalue weighted by atomic mass is 9.75. The Morgan fingerprint density at radius 1 is 0.947 bits per heavy atom. The highest BCUT2D eigenvalue weighted by Gasteiger charge is 2.29. The molecular formula is C30H29Cl3N2O3. The summed E-state index contributed by atoms with van der Waals surface area (Å²) in [4.78, 5) is 23.3. The Kier molecular flexibility index (Phi) is 9.03. The average molecular weight is 572 g/mol. The first-order valence-electron chi connectivity index (χ1n) is 12.5. The zero-order chi connectivity index (χ0) is 27.4. The molecular weight excluding hydrogens is 543 g/mol. The van der Waals surface area contributed by atoms with Gasteiger partial charge in [0, 0.05) is 46.7 Å². The minimum atomic E-state index is -0.952. The lowest BCUT2D eigenvalue weighted by Gasteiger charge is -2.28. The van der Waals surface area contributed by atoms with Crippen LogP contribution in [0.2, 0.25) is 15.1 Å². The number of nitrogens with zero attached hydrogens (tertiary/aromatic N) is 1. The molecule has 8 heteroatoms. The van der Waals surface area contributed by atoms with Crippen LogP contribution < -0.4 is 5.32 Å². The number of halogens is 3. The van der Waals surface area contributed by atoms with Gasteiger partial charge in [0.25, 0.3) is 5.91 Å². The Balaban J connectivity index is 1.79. The number of rotatable bonds is 10. The van der Waals surface area contributed by atoms with Gasteiger partial charge >= 0.3 is 5.97 Å². The normalized spacial score (nSPS) is 12.9. The minimum absolute atomic E-state index is 0.0271. The van der Waals surface area contributed by atoms with E-state index in [0.29, 0.717) is 20.6 Å². The van der Waals surface area contributed by atoms with Crippen molar-refractivity contribution in [3.8, 4) is 0 Å². The highest BCUT2D eigenvalue weighted by Crippen LogP contribution is 2.45. The monoisotopic (exact) mass is 570 g/mol. The molecule has 4 aromatic rings. The number of hydrogen-bond donors (Lipinski definition) is 2. The van der Waals surface area contributed by atoms with E-state index in [1.54, 1.807) is 18.2 Å². The van der Waals surface area contributed by atoms with Crippen molar-refractivity contribution in [1.29, 1.82) is 0 Å². The van der Waals surface area contributed by atoms with E-state index in [0.717, 1.165) is 40.4 Å². The number of nitrogens with one attached hydrogen (secondary N) is 1. The molecule has 0 saturated heterocycles. The van der Waals surface area contributed by atoms with Gasteiger partial charge < -0.3 is 15.0 Å². The molecule has 4 rings (SSSR count). The van der Waals surface area contributed by atoms with Crippen molar-refractivity contribution < 1.29 is 14.7 Å². The van der Waals surface area contributed by atoms with Crippen molar-refractivity contribution in [2.24, 2.45) is 7.05 Å². The highest BCUT2D eigenvalue weighted by atomic mass is 35.5. The molecule has 0 aliphatic heterocycles. The van der Waals surface area contributed by atoms with E-state index in [2.05, 4.69) is 30.6 Å². The Morgan fingerprint density at radius 2 is 1.61 bits per heavy atom. The predicted molar refractivity (Wildman–Crippen MR) is 155 cm³/mol. The zero-order valence-corrected chi connectivity index (χ0v) is 23.4. The molecule has 5 nitrogen and oxygen atoms in total. The van der Waals surface area contributed by atoms with Crippen LogP contribution in [0.4, 0.5) is 0 Å². The van der Waals surface area contributed by atoms with E-state index < -0.39 is 5.97 Å². The molecule has 198 valence electrons. The van der Waals surface area contributed by atoms with Gasteiger partial charge in [-0.1, -0.05) is 72.4 Å². The van der Waals surface area contributed by atoms with Gasteiger partial charge in [-0.25, -0.2) is 0 Å². The molecule has 2 N–H and O–H groups in total. The number of fused-ring (bicyclic) bond motifs is 1. The van der Waals surface area contributed by atoms with Crippen molar-refractivity contribution in [3.63, 3.8) is 0 Å². The van der Waals surface area contributed by atoms with Gasteiger partial charge in [-0.3, -0.25) is 9.59 Å². The van der Waals surface area contributed by atoms with E-state index in [1.165, 1.54) is 0 Å². The second-order valence-corrected chi connectivity index (χ2v) is 10.7. The number of carbonyl (C=O) groups excluding carboxylic acids is 1. The van der Waals surface area contributed by atoms with E-state index in [-0.39, 0.29) is 30.7 Å². The predicted octanol–water partition coefficient (Wildman–Crippen LogP) is 8.06. The zero-order valence-electron chi connectivity index (χ0n) is 21.2. The second-order valence-electron chi connectivity index (χ2n) is 9.43. The molecule has 2 unspecified atom stereocenters. The molecule has 3 aromatic carbocycles. The minimum Gasteiger partial charge on any atom is -0.481 e. The SMILES string of the molecule is CCCC(c1ccc(C(=O)NCCC(=O)O)cc1)C(c1ccc(Cl)cc1)c1cn(C)c2c(Cl)cc(Cl)cc12. The van der Waals surface area contributed by atoms with Crippen molar-refractivity contribution in [2.75, 3.05) is 6.54 Å². The number of hydrogen-bond acceptors (Lipinski definition) is 2. The number of carbonyl (C=O) groups is 2. The summed E-state index contributed by atoms with van der Waals surface area (Å²) in [5.74, 6) is -1.18. The van der Waals surface area contributed by atoms with E-state index in [9.17, 15) is 9.59 Å². The Hall–Kier alpha value is -2.99. The van der Waals surface area contributed by atoms with Crippen LogP contribution in [0.1, 0.15) is 65.1 Å². The summed E-state index contributed by atoms with van der Waals surface area (Å²) in [7, 11) is 1.98. The molecule has 0 radical (unpaired) electrons. The van der Waals surface area contributed by atoms with E-state index in [1.807, 2.05) is 41.9 Å². The van der Waals surface area contributed by atoms with Gasteiger partial charge in [0.1, 0.15) is 0 Å². The second kappa shape index (κ2) is 12.2. The van der Waals surface area contributed by atoms with Crippen molar-refractivity contribution in [3.05, 3.63) is 104 Å². The van der Waals surface area contributed by atoms with Crippen molar-refractivity contribution in [1.82, 2.24) is 9.88 Å². The number of carboxylic acid groups (broad SMARTS) is 1. The fraction of sp³-hybridized carbons (Fsp3) is 0.267. The molecule has 0 fully saturated rings. The summed E-state index contributed by atoms with van der Waals surface area (Å²) in [6.07, 6.45) is 3.86. The van der Waals surface area contributed by atoms with Gasteiger partial charge in [0.15, 0.2) is 0 Å². The highest BCUT2D eigenvalue weighted by molar-refractivity contribution is 6.38. The quantitative estimate of drug-likeness (QED) is 0.202. The summed E-state index contributed by atoms with van der Waals surface area (Å²) < 4.78 is 2.04. The van der Waals surface area contributed by atoms with Crippen molar-refractivity contribution >= 4 is 57.6 Å². The molecule has 0 bridgehead atoms. The molecule has 1 amide bonds. The third-order valence-corrected chi connectivity index (χ3v) is 7.57. The maximum absolute atomic E-state index is 12.5. The maximum atomic E-state index is 12.5. The van der Waals surface area contributed by atoms with Crippen LogP contribution in [0.3, 0.4) is 0 Å². The van der Waals surface area contributed by atoms with Crippen LogP contribution in [0, 0.1) is 0 Å². The molecule has 1 aromatic heterocycles. The van der Waals surface area contributed by atoms with Gasteiger partial charge in [0.2, 0.25) is 0 Å². The van der Waals surface area contributed by atoms with E-state index >= 15 is 0 Å².